The van der Waals surface area contributed by atoms with Gasteiger partial charge in [-0.1, -0.05) is 0 Å². The Morgan fingerprint density at radius 1 is 1.36 bits per heavy atom. The van der Waals surface area contributed by atoms with E-state index < -0.39 is 5.60 Å². The van der Waals surface area contributed by atoms with Gasteiger partial charge in [-0.15, -0.1) is 0 Å². The predicted molar refractivity (Wildman–Crippen MR) is 89.1 cm³/mol. The fourth-order valence-electron chi connectivity index (χ4n) is 3.23. The molecule has 1 unspecified atom stereocenters. The second kappa shape index (κ2) is 6.75. The highest BCUT2D eigenvalue weighted by atomic mass is 16.6. The van der Waals surface area contributed by atoms with Crippen molar-refractivity contribution in [3.8, 4) is 0 Å². The molecule has 0 aromatic heterocycles. The zero-order chi connectivity index (χ0) is 16.4. The summed E-state index contributed by atoms with van der Waals surface area (Å²) in [5.74, 6) is 0. The molecular formula is C17H33N3O2. The Morgan fingerprint density at radius 3 is 2.50 bits per heavy atom. The van der Waals surface area contributed by atoms with Crippen LogP contribution in [0.15, 0.2) is 0 Å². The average Bonchev–Trinajstić information content (AvgIpc) is 2.79. The van der Waals surface area contributed by atoms with Gasteiger partial charge >= 0.3 is 6.09 Å². The van der Waals surface area contributed by atoms with Gasteiger partial charge in [0.2, 0.25) is 0 Å². The number of hydrogen-bond acceptors (Lipinski definition) is 4. The third kappa shape index (κ3) is 4.85. The van der Waals surface area contributed by atoms with Crippen LogP contribution in [0.1, 0.15) is 60.3 Å². The van der Waals surface area contributed by atoms with Crippen LogP contribution in [0, 0.1) is 0 Å². The van der Waals surface area contributed by atoms with Crippen LogP contribution >= 0.6 is 0 Å². The molecule has 0 bridgehead atoms. The maximum Gasteiger partial charge on any atom is 0.408 e. The minimum Gasteiger partial charge on any atom is -0.444 e. The molecule has 2 N–H and O–H groups in total. The Balaban J connectivity index is 1.78. The number of nitrogens with zero attached hydrogens (tertiary/aromatic N) is 1. The van der Waals surface area contributed by atoms with E-state index in [0.29, 0.717) is 12.1 Å². The van der Waals surface area contributed by atoms with Gasteiger partial charge in [0, 0.05) is 25.2 Å². The molecule has 1 saturated heterocycles. The highest BCUT2D eigenvalue weighted by Crippen LogP contribution is 2.32. The van der Waals surface area contributed by atoms with Gasteiger partial charge in [-0.25, -0.2) is 4.79 Å². The van der Waals surface area contributed by atoms with Gasteiger partial charge in [0.15, 0.2) is 0 Å². The molecule has 1 saturated carbocycles. The zero-order valence-corrected chi connectivity index (χ0v) is 14.9. The second-order valence-corrected chi connectivity index (χ2v) is 8.22. The number of ether oxygens (including phenoxy) is 1. The van der Waals surface area contributed by atoms with E-state index in [1.807, 2.05) is 20.8 Å². The number of amides is 1. The van der Waals surface area contributed by atoms with E-state index in [2.05, 4.69) is 29.4 Å². The normalized spacial score (nSPS) is 25.1. The molecule has 22 heavy (non-hydrogen) atoms. The van der Waals surface area contributed by atoms with Crippen LogP contribution in [0.25, 0.3) is 0 Å². The highest BCUT2D eigenvalue weighted by Gasteiger charge is 2.40. The Labute approximate surface area is 135 Å². The minimum atomic E-state index is -0.439. The summed E-state index contributed by atoms with van der Waals surface area (Å²) in [6.07, 6.45) is 4.17. The average molecular weight is 311 g/mol. The van der Waals surface area contributed by atoms with Crippen molar-refractivity contribution in [3.63, 3.8) is 0 Å². The van der Waals surface area contributed by atoms with E-state index in [1.165, 1.54) is 19.4 Å². The molecule has 0 radical (unpaired) electrons. The number of nitrogens with one attached hydrogen (secondary N) is 2. The number of alkyl carbamates (subject to hydrolysis) is 1. The van der Waals surface area contributed by atoms with Crippen molar-refractivity contribution in [1.82, 2.24) is 15.5 Å². The molecule has 1 aliphatic carbocycles. The van der Waals surface area contributed by atoms with E-state index in [0.717, 1.165) is 25.9 Å². The van der Waals surface area contributed by atoms with Crippen LogP contribution in [-0.2, 0) is 4.74 Å². The maximum absolute atomic E-state index is 12.0. The Morgan fingerprint density at radius 2 is 2.05 bits per heavy atom. The molecule has 1 heterocycles. The first-order valence-electron chi connectivity index (χ1n) is 8.68. The summed E-state index contributed by atoms with van der Waals surface area (Å²) in [5, 5.41) is 6.77. The molecule has 1 atom stereocenters. The van der Waals surface area contributed by atoms with E-state index in [-0.39, 0.29) is 11.6 Å². The Bertz CT molecular complexity index is 386. The number of rotatable bonds is 5. The lowest BCUT2D eigenvalue weighted by Crippen LogP contribution is -2.61. The molecule has 128 valence electrons. The van der Waals surface area contributed by atoms with Crippen molar-refractivity contribution in [2.24, 2.45) is 0 Å². The molecule has 1 amide bonds. The van der Waals surface area contributed by atoms with Crippen LogP contribution in [0.4, 0.5) is 4.79 Å². The number of likely N-dealkylation sites (tertiary alicyclic amines) is 1. The van der Waals surface area contributed by atoms with Crippen LogP contribution in [0.3, 0.4) is 0 Å². The number of carbonyl (C=O) groups excluding carboxylic acids is 1. The topological polar surface area (TPSA) is 53.6 Å². The van der Waals surface area contributed by atoms with Crippen LogP contribution in [0.2, 0.25) is 0 Å². The lowest BCUT2D eigenvalue weighted by molar-refractivity contribution is 0.0379. The van der Waals surface area contributed by atoms with Crippen molar-refractivity contribution in [2.45, 2.75) is 83.5 Å². The van der Waals surface area contributed by atoms with E-state index in [1.54, 1.807) is 0 Å². The lowest BCUT2D eigenvalue weighted by Gasteiger charge is -2.43. The summed E-state index contributed by atoms with van der Waals surface area (Å²) in [4.78, 5) is 14.5. The van der Waals surface area contributed by atoms with Gasteiger partial charge in [-0.3, -0.25) is 4.90 Å². The quantitative estimate of drug-likeness (QED) is 0.819. The summed E-state index contributed by atoms with van der Waals surface area (Å²) < 4.78 is 5.40. The van der Waals surface area contributed by atoms with Crippen molar-refractivity contribution >= 4 is 6.09 Å². The lowest BCUT2D eigenvalue weighted by atomic mass is 9.76. The second-order valence-electron chi connectivity index (χ2n) is 8.22. The van der Waals surface area contributed by atoms with Gasteiger partial charge in [-0.2, -0.15) is 0 Å². The molecule has 0 spiro atoms. The molecule has 0 aromatic rings. The van der Waals surface area contributed by atoms with Gasteiger partial charge < -0.3 is 15.4 Å². The fraction of sp³-hybridized carbons (Fsp3) is 0.941. The molecule has 2 fully saturated rings. The van der Waals surface area contributed by atoms with Crippen LogP contribution in [0.5, 0.6) is 0 Å². The Kier molecular flexibility index (Phi) is 5.38. The van der Waals surface area contributed by atoms with Crippen molar-refractivity contribution < 1.29 is 9.53 Å². The van der Waals surface area contributed by atoms with Crippen LogP contribution < -0.4 is 10.6 Å². The SMILES string of the molecule is CC(C)N1CCC(NCC2(NC(=O)OC(C)(C)C)CCC2)C1. The number of hydrogen-bond donors (Lipinski definition) is 2. The molecule has 0 aromatic carbocycles. The molecule has 1 aliphatic heterocycles. The third-order valence-corrected chi connectivity index (χ3v) is 4.76. The Hall–Kier alpha value is -0.810. The molecule has 5 nitrogen and oxygen atoms in total. The van der Waals surface area contributed by atoms with Gasteiger partial charge in [0.05, 0.1) is 5.54 Å². The summed E-state index contributed by atoms with van der Waals surface area (Å²) >= 11 is 0. The molecule has 2 rings (SSSR count). The maximum atomic E-state index is 12.0. The fourth-order valence-corrected chi connectivity index (χ4v) is 3.23. The van der Waals surface area contributed by atoms with E-state index in [9.17, 15) is 4.79 Å². The van der Waals surface area contributed by atoms with Crippen molar-refractivity contribution in [1.29, 1.82) is 0 Å². The highest BCUT2D eigenvalue weighted by molar-refractivity contribution is 5.69. The van der Waals surface area contributed by atoms with Gasteiger partial charge in [0.25, 0.3) is 0 Å². The largest absolute Gasteiger partial charge is 0.444 e. The van der Waals surface area contributed by atoms with Crippen LogP contribution in [-0.4, -0.2) is 53.9 Å². The summed E-state index contributed by atoms with van der Waals surface area (Å²) in [7, 11) is 0. The van der Waals surface area contributed by atoms with E-state index in [4.69, 9.17) is 4.74 Å². The third-order valence-electron chi connectivity index (χ3n) is 4.76. The number of carbonyl (C=O) groups is 1. The van der Waals surface area contributed by atoms with Crippen molar-refractivity contribution in [2.75, 3.05) is 19.6 Å². The van der Waals surface area contributed by atoms with Gasteiger partial charge in [-0.05, 0) is 66.8 Å². The summed E-state index contributed by atoms with van der Waals surface area (Å²) in [6.45, 7) is 13.3. The van der Waals surface area contributed by atoms with Crippen molar-refractivity contribution in [3.05, 3.63) is 0 Å². The summed E-state index contributed by atoms with van der Waals surface area (Å²) in [5.41, 5.74) is -0.542. The van der Waals surface area contributed by atoms with E-state index >= 15 is 0 Å². The molecular weight excluding hydrogens is 278 g/mol. The first-order chi connectivity index (χ1) is 10.2. The smallest absolute Gasteiger partial charge is 0.408 e. The van der Waals surface area contributed by atoms with Gasteiger partial charge in [0.1, 0.15) is 5.60 Å². The zero-order valence-electron chi connectivity index (χ0n) is 14.9. The standard InChI is InChI=1S/C17H33N3O2/c1-13(2)20-10-7-14(11-20)18-12-17(8-6-9-17)19-15(21)22-16(3,4)5/h13-14,18H,6-12H2,1-5H3,(H,19,21). The molecule has 5 heteroatoms. The predicted octanol–water partition coefficient (Wildman–Crippen LogP) is 2.51. The monoisotopic (exact) mass is 311 g/mol. The minimum absolute atomic E-state index is 0.104. The molecule has 2 aliphatic rings. The first kappa shape index (κ1) is 17.5. The summed E-state index contributed by atoms with van der Waals surface area (Å²) in [6, 6.07) is 1.16. The first-order valence-corrected chi connectivity index (χ1v) is 8.68.